The summed E-state index contributed by atoms with van der Waals surface area (Å²) in [7, 11) is 5.15. The van der Waals surface area contributed by atoms with Crippen LogP contribution in [0.5, 0.6) is 11.5 Å². The Labute approximate surface area is 171 Å². The zero-order valence-electron chi connectivity index (χ0n) is 17.4. The maximum Gasteiger partial charge on any atom is 0.238 e. The zero-order valence-corrected chi connectivity index (χ0v) is 17.4. The molecular formula is C23H26N2O4. The molecule has 0 bridgehead atoms. The van der Waals surface area contributed by atoms with Crippen LogP contribution >= 0.6 is 0 Å². The summed E-state index contributed by atoms with van der Waals surface area (Å²) in [5, 5.41) is 2.82. The van der Waals surface area contributed by atoms with Crippen molar-refractivity contribution in [1.82, 2.24) is 4.90 Å². The number of benzene rings is 2. The first-order chi connectivity index (χ1) is 13.7. The largest absolute Gasteiger partial charge is 0.497 e. The van der Waals surface area contributed by atoms with Crippen molar-refractivity contribution in [3.05, 3.63) is 59.2 Å². The van der Waals surface area contributed by atoms with Gasteiger partial charge >= 0.3 is 0 Å². The lowest BCUT2D eigenvalue weighted by Gasteiger charge is -2.28. The first-order valence-electron chi connectivity index (χ1n) is 9.38. The Morgan fingerprint density at radius 1 is 1.14 bits per heavy atom. The van der Waals surface area contributed by atoms with Gasteiger partial charge < -0.3 is 19.7 Å². The molecular weight excluding hydrogens is 368 g/mol. The number of carbonyl (C=O) groups is 2. The van der Waals surface area contributed by atoms with E-state index in [0.717, 1.165) is 11.3 Å². The monoisotopic (exact) mass is 394 g/mol. The molecule has 0 atom stereocenters. The fourth-order valence-electron chi connectivity index (χ4n) is 3.10. The SMILES string of the molecule is COc1ccc(C(=O)c2ccc3c(c2)C=CC(C)(C)O3)c(NC(=O)CN(C)C)c1. The molecule has 1 N–H and O–H groups in total. The van der Waals surface area contributed by atoms with Crippen LogP contribution in [0.2, 0.25) is 0 Å². The van der Waals surface area contributed by atoms with E-state index in [0.29, 0.717) is 22.6 Å². The Kier molecular flexibility index (Phi) is 5.75. The molecule has 0 aromatic heterocycles. The van der Waals surface area contributed by atoms with Crippen molar-refractivity contribution in [3.8, 4) is 11.5 Å². The average molecular weight is 394 g/mol. The third-order valence-electron chi connectivity index (χ3n) is 4.51. The number of ketones is 1. The lowest BCUT2D eigenvalue weighted by atomic mass is 9.96. The second-order valence-corrected chi connectivity index (χ2v) is 7.82. The van der Waals surface area contributed by atoms with Crippen molar-refractivity contribution in [3.63, 3.8) is 0 Å². The summed E-state index contributed by atoms with van der Waals surface area (Å²) in [6.45, 7) is 4.17. The van der Waals surface area contributed by atoms with Gasteiger partial charge in [-0.2, -0.15) is 0 Å². The fraction of sp³-hybridized carbons (Fsp3) is 0.304. The quantitative estimate of drug-likeness (QED) is 0.758. The molecule has 6 nitrogen and oxygen atoms in total. The number of amides is 1. The van der Waals surface area contributed by atoms with Gasteiger partial charge in [0.05, 0.1) is 19.3 Å². The summed E-state index contributed by atoms with van der Waals surface area (Å²) >= 11 is 0. The van der Waals surface area contributed by atoms with Crippen LogP contribution in [-0.2, 0) is 4.79 Å². The minimum atomic E-state index is -0.377. The smallest absolute Gasteiger partial charge is 0.238 e. The van der Waals surface area contributed by atoms with Crippen LogP contribution in [0.3, 0.4) is 0 Å². The van der Waals surface area contributed by atoms with Crippen LogP contribution in [-0.4, -0.2) is 49.9 Å². The molecule has 29 heavy (non-hydrogen) atoms. The summed E-state index contributed by atoms with van der Waals surface area (Å²) < 4.78 is 11.2. The molecule has 1 aliphatic rings. The van der Waals surface area contributed by atoms with Gasteiger partial charge in [0.25, 0.3) is 0 Å². The standard InChI is InChI=1S/C23H26N2O4/c1-23(2)11-10-15-12-16(6-9-20(15)29-23)22(27)18-8-7-17(28-5)13-19(18)24-21(26)14-25(3)4/h6-13H,14H2,1-5H3,(H,24,26). The molecule has 0 radical (unpaired) electrons. The number of fused-ring (bicyclic) bond motifs is 1. The lowest BCUT2D eigenvalue weighted by Crippen LogP contribution is -2.28. The highest BCUT2D eigenvalue weighted by Gasteiger charge is 2.23. The number of hydrogen-bond donors (Lipinski definition) is 1. The predicted molar refractivity (Wildman–Crippen MR) is 114 cm³/mol. The molecule has 0 unspecified atom stereocenters. The topological polar surface area (TPSA) is 67.9 Å². The van der Waals surface area contributed by atoms with E-state index in [1.54, 1.807) is 56.4 Å². The normalized spacial score (nSPS) is 14.1. The third kappa shape index (κ3) is 4.84. The number of methoxy groups -OCH3 is 1. The second kappa shape index (κ2) is 8.09. The van der Waals surface area contributed by atoms with Crippen LogP contribution in [0.25, 0.3) is 6.08 Å². The van der Waals surface area contributed by atoms with E-state index in [1.807, 2.05) is 32.1 Å². The molecule has 0 saturated heterocycles. The van der Waals surface area contributed by atoms with Gasteiger partial charge in [0.15, 0.2) is 5.78 Å². The predicted octanol–water partition coefficient (Wildman–Crippen LogP) is 3.61. The Morgan fingerprint density at radius 3 is 2.59 bits per heavy atom. The van der Waals surface area contributed by atoms with Crippen LogP contribution in [0, 0.1) is 0 Å². The summed E-state index contributed by atoms with van der Waals surface area (Å²) in [4.78, 5) is 27.2. The highest BCUT2D eigenvalue weighted by atomic mass is 16.5. The lowest BCUT2D eigenvalue weighted by molar-refractivity contribution is -0.116. The van der Waals surface area contributed by atoms with E-state index in [2.05, 4.69) is 5.32 Å². The number of carbonyl (C=O) groups excluding carboxylic acids is 2. The summed E-state index contributed by atoms with van der Waals surface area (Å²) in [6.07, 6.45) is 3.92. The molecule has 6 heteroatoms. The summed E-state index contributed by atoms with van der Waals surface area (Å²) in [5.41, 5.74) is 1.82. The molecule has 0 fully saturated rings. The fourth-order valence-corrected chi connectivity index (χ4v) is 3.10. The van der Waals surface area contributed by atoms with E-state index in [-0.39, 0.29) is 23.8 Å². The van der Waals surface area contributed by atoms with Crippen LogP contribution in [0.4, 0.5) is 5.69 Å². The van der Waals surface area contributed by atoms with E-state index < -0.39 is 0 Å². The molecule has 2 aromatic rings. The molecule has 1 heterocycles. The number of likely N-dealkylation sites (N-methyl/N-ethyl adjacent to an activating group) is 1. The summed E-state index contributed by atoms with van der Waals surface area (Å²) in [6, 6.07) is 10.4. The molecule has 1 aliphatic heterocycles. The van der Waals surface area contributed by atoms with E-state index in [4.69, 9.17) is 9.47 Å². The Bertz CT molecular complexity index is 977. The maximum atomic E-state index is 13.2. The van der Waals surface area contributed by atoms with Crippen molar-refractivity contribution >= 4 is 23.5 Å². The van der Waals surface area contributed by atoms with Gasteiger partial charge in [-0.3, -0.25) is 9.59 Å². The molecule has 2 aromatic carbocycles. The van der Waals surface area contributed by atoms with Gasteiger partial charge in [-0.25, -0.2) is 0 Å². The number of ether oxygens (including phenoxy) is 2. The van der Waals surface area contributed by atoms with Gasteiger partial charge in [0.2, 0.25) is 5.91 Å². The molecule has 3 rings (SSSR count). The number of nitrogens with one attached hydrogen (secondary N) is 1. The minimum Gasteiger partial charge on any atom is -0.497 e. The average Bonchev–Trinajstić information content (AvgIpc) is 2.65. The van der Waals surface area contributed by atoms with Crippen molar-refractivity contribution < 1.29 is 19.1 Å². The summed E-state index contributed by atoms with van der Waals surface area (Å²) in [5.74, 6) is 0.907. The van der Waals surface area contributed by atoms with Gasteiger partial charge in [0.1, 0.15) is 17.1 Å². The van der Waals surface area contributed by atoms with Gasteiger partial charge in [0, 0.05) is 22.8 Å². The van der Waals surface area contributed by atoms with E-state index in [1.165, 1.54) is 0 Å². The number of hydrogen-bond acceptors (Lipinski definition) is 5. The first-order valence-corrected chi connectivity index (χ1v) is 9.38. The van der Waals surface area contributed by atoms with Crippen molar-refractivity contribution in [2.75, 3.05) is 33.1 Å². The van der Waals surface area contributed by atoms with Crippen molar-refractivity contribution in [2.24, 2.45) is 0 Å². The first kappa shape index (κ1) is 20.6. The Balaban J connectivity index is 1.94. The molecule has 152 valence electrons. The van der Waals surface area contributed by atoms with Crippen LogP contribution < -0.4 is 14.8 Å². The number of anilines is 1. The van der Waals surface area contributed by atoms with Crippen LogP contribution in [0.15, 0.2) is 42.5 Å². The van der Waals surface area contributed by atoms with E-state index in [9.17, 15) is 9.59 Å². The van der Waals surface area contributed by atoms with Gasteiger partial charge in [-0.1, -0.05) is 6.08 Å². The molecule has 0 aliphatic carbocycles. The molecule has 0 saturated carbocycles. The highest BCUT2D eigenvalue weighted by molar-refractivity contribution is 6.14. The van der Waals surface area contributed by atoms with Crippen molar-refractivity contribution in [1.29, 1.82) is 0 Å². The van der Waals surface area contributed by atoms with Gasteiger partial charge in [-0.05, 0) is 64.4 Å². The molecule has 0 spiro atoms. The van der Waals surface area contributed by atoms with E-state index >= 15 is 0 Å². The van der Waals surface area contributed by atoms with Gasteiger partial charge in [-0.15, -0.1) is 0 Å². The third-order valence-corrected chi connectivity index (χ3v) is 4.51. The Morgan fingerprint density at radius 2 is 1.90 bits per heavy atom. The Hall–Kier alpha value is -3.12. The number of nitrogens with zero attached hydrogens (tertiary/aromatic N) is 1. The van der Waals surface area contributed by atoms with Crippen molar-refractivity contribution in [2.45, 2.75) is 19.4 Å². The molecule has 1 amide bonds. The highest BCUT2D eigenvalue weighted by Crippen LogP contribution is 2.33. The minimum absolute atomic E-state index is 0.186. The number of rotatable bonds is 6. The van der Waals surface area contributed by atoms with Crippen LogP contribution in [0.1, 0.15) is 35.3 Å². The zero-order chi connectivity index (χ0) is 21.2. The maximum absolute atomic E-state index is 13.2. The second-order valence-electron chi connectivity index (χ2n) is 7.82.